The van der Waals surface area contributed by atoms with Crippen LogP contribution in [0, 0.1) is 0 Å². The first-order valence-corrected chi connectivity index (χ1v) is 7.76. The molecular formula is C15H20N4O2. The van der Waals surface area contributed by atoms with E-state index in [1.54, 1.807) is 6.07 Å². The number of nitrogens with one attached hydrogen (secondary N) is 2. The third-order valence-electron chi connectivity index (χ3n) is 4.52. The number of rotatable bonds is 2. The van der Waals surface area contributed by atoms with Crippen LogP contribution in [0.3, 0.4) is 0 Å². The van der Waals surface area contributed by atoms with Crippen molar-refractivity contribution in [2.75, 3.05) is 19.7 Å². The quantitative estimate of drug-likeness (QED) is 0.875. The molecular weight excluding hydrogens is 268 g/mol. The van der Waals surface area contributed by atoms with Gasteiger partial charge in [-0.1, -0.05) is 0 Å². The molecule has 0 bridgehead atoms. The lowest BCUT2D eigenvalue weighted by molar-refractivity contribution is 0.108. The molecule has 2 saturated heterocycles. The van der Waals surface area contributed by atoms with Gasteiger partial charge < -0.3 is 10.1 Å². The Morgan fingerprint density at radius 3 is 2.86 bits per heavy atom. The van der Waals surface area contributed by atoms with E-state index >= 15 is 0 Å². The molecule has 2 fully saturated rings. The van der Waals surface area contributed by atoms with Crippen LogP contribution in [0.1, 0.15) is 49.1 Å². The summed E-state index contributed by atoms with van der Waals surface area (Å²) >= 11 is 0. The first kappa shape index (κ1) is 13.0. The average Bonchev–Trinajstić information content (AvgIpc) is 3.17. The maximum Gasteiger partial charge on any atom is 0.272 e. The zero-order valence-electron chi connectivity index (χ0n) is 12.0. The molecule has 2 aliphatic heterocycles. The van der Waals surface area contributed by atoms with Crippen molar-refractivity contribution in [3.8, 4) is 0 Å². The van der Waals surface area contributed by atoms with Crippen molar-refractivity contribution < 1.29 is 4.74 Å². The summed E-state index contributed by atoms with van der Waals surface area (Å²) in [5, 5.41) is 6.48. The minimum absolute atomic E-state index is 0.0298. The van der Waals surface area contributed by atoms with E-state index in [0.29, 0.717) is 11.6 Å². The van der Waals surface area contributed by atoms with Crippen molar-refractivity contribution in [1.82, 2.24) is 19.9 Å². The molecule has 21 heavy (non-hydrogen) atoms. The van der Waals surface area contributed by atoms with E-state index in [9.17, 15) is 4.79 Å². The van der Waals surface area contributed by atoms with Crippen molar-refractivity contribution in [2.24, 2.45) is 0 Å². The number of fused-ring (bicyclic) bond motifs is 1. The zero-order chi connectivity index (χ0) is 14.2. The maximum atomic E-state index is 12.3. The lowest BCUT2D eigenvalue weighted by Gasteiger charge is -2.21. The molecule has 4 heterocycles. The Bertz CT molecular complexity index is 693. The van der Waals surface area contributed by atoms with E-state index in [4.69, 9.17) is 9.72 Å². The van der Waals surface area contributed by atoms with Crippen LogP contribution >= 0.6 is 0 Å². The largest absolute Gasteiger partial charge is 0.372 e. The van der Waals surface area contributed by atoms with E-state index < -0.39 is 0 Å². The third kappa shape index (κ3) is 2.38. The summed E-state index contributed by atoms with van der Waals surface area (Å²) in [4.78, 5) is 17.0. The minimum Gasteiger partial charge on any atom is -0.372 e. The molecule has 2 N–H and O–H groups in total. The average molecular weight is 288 g/mol. The highest BCUT2D eigenvalue weighted by molar-refractivity contribution is 5.41. The summed E-state index contributed by atoms with van der Waals surface area (Å²) in [6.45, 7) is 2.79. The lowest BCUT2D eigenvalue weighted by atomic mass is 9.94. The number of nitrogens with zero attached hydrogens (tertiary/aromatic N) is 2. The maximum absolute atomic E-state index is 12.3. The fourth-order valence-corrected chi connectivity index (χ4v) is 3.34. The first-order chi connectivity index (χ1) is 10.3. The number of aromatic amines is 1. The van der Waals surface area contributed by atoms with Crippen LogP contribution < -0.4 is 10.9 Å². The molecule has 0 radical (unpaired) electrons. The number of ether oxygens (including phenoxy) is 1. The van der Waals surface area contributed by atoms with E-state index in [1.807, 2.05) is 6.07 Å². The van der Waals surface area contributed by atoms with Crippen LogP contribution in [0.4, 0.5) is 0 Å². The fourth-order valence-electron chi connectivity index (χ4n) is 3.34. The number of hydrogen-bond acceptors (Lipinski definition) is 4. The first-order valence-electron chi connectivity index (χ1n) is 7.76. The van der Waals surface area contributed by atoms with Gasteiger partial charge >= 0.3 is 0 Å². The Morgan fingerprint density at radius 1 is 1.24 bits per heavy atom. The van der Waals surface area contributed by atoms with Crippen LogP contribution in [0.5, 0.6) is 0 Å². The van der Waals surface area contributed by atoms with Crippen molar-refractivity contribution in [1.29, 1.82) is 0 Å². The minimum atomic E-state index is -0.0298. The van der Waals surface area contributed by atoms with Gasteiger partial charge in [-0.3, -0.25) is 9.89 Å². The van der Waals surface area contributed by atoms with E-state index in [0.717, 1.165) is 56.8 Å². The van der Waals surface area contributed by atoms with Crippen LogP contribution in [-0.4, -0.2) is 34.3 Å². The number of aromatic nitrogens is 3. The molecule has 0 saturated carbocycles. The molecule has 0 spiro atoms. The topological polar surface area (TPSA) is 71.4 Å². The molecule has 0 amide bonds. The molecule has 0 aromatic carbocycles. The Morgan fingerprint density at radius 2 is 2.10 bits per heavy atom. The van der Waals surface area contributed by atoms with Crippen molar-refractivity contribution >= 4 is 5.65 Å². The Labute approximate surface area is 122 Å². The number of hydrogen-bond donors (Lipinski definition) is 2. The molecule has 6 nitrogen and oxygen atoms in total. The smallest absolute Gasteiger partial charge is 0.272 e. The van der Waals surface area contributed by atoms with Gasteiger partial charge in [0.1, 0.15) is 0 Å². The van der Waals surface area contributed by atoms with E-state index in [1.165, 1.54) is 4.52 Å². The van der Waals surface area contributed by atoms with Gasteiger partial charge in [0.2, 0.25) is 0 Å². The van der Waals surface area contributed by atoms with Gasteiger partial charge in [-0.15, -0.1) is 0 Å². The van der Waals surface area contributed by atoms with Crippen LogP contribution in [0.2, 0.25) is 0 Å². The zero-order valence-corrected chi connectivity index (χ0v) is 12.0. The van der Waals surface area contributed by atoms with Gasteiger partial charge in [-0.05, 0) is 38.8 Å². The highest BCUT2D eigenvalue weighted by Crippen LogP contribution is 2.28. The van der Waals surface area contributed by atoms with Crippen molar-refractivity contribution in [3.63, 3.8) is 0 Å². The monoisotopic (exact) mass is 288 g/mol. The molecule has 4 rings (SSSR count). The summed E-state index contributed by atoms with van der Waals surface area (Å²) in [7, 11) is 0. The Hall–Kier alpha value is -1.66. The highest BCUT2D eigenvalue weighted by Gasteiger charge is 2.22. The predicted octanol–water partition coefficient (Wildman–Crippen LogP) is 1.34. The molecule has 0 aliphatic carbocycles. The second-order valence-corrected chi connectivity index (χ2v) is 5.95. The van der Waals surface area contributed by atoms with Crippen LogP contribution in [0.15, 0.2) is 16.9 Å². The molecule has 6 heteroatoms. The fraction of sp³-hybridized carbons (Fsp3) is 0.600. The van der Waals surface area contributed by atoms with Gasteiger partial charge in [0.25, 0.3) is 5.56 Å². The van der Waals surface area contributed by atoms with Gasteiger partial charge in [0, 0.05) is 24.7 Å². The normalized spacial score (nSPS) is 23.9. The number of H-pyrrole nitrogens is 1. The summed E-state index contributed by atoms with van der Waals surface area (Å²) < 4.78 is 7.20. The standard InChI is InChI=1S/C15H20N4O2/c20-15-9-11(10-3-5-16-6-4-10)17-14-8-12(18-19(14)15)13-2-1-7-21-13/h8-10,13,16,18H,1-7H2. The second-order valence-electron chi connectivity index (χ2n) is 5.95. The molecule has 2 aromatic rings. The van der Waals surface area contributed by atoms with E-state index in [2.05, 4.69) is 10.4 Å². The van der Waals surface area contributed by atoms with Crippen molar-refractivity contribution in [2.45, 2.75) is 37.7 Å². The summed E-state index contributed by atoms with van der Waals surface area (Å²) in [5.74, 6) is 0.394. The molecule has 2 aromatic heterocycles. The van der Waals surface area contributed by atoms with Gasteiger partial charge in [-0.25, -0.2) is 9.50 Å². The SMILES string of the molecule is O=c1cc(C2CCNCC2)nc2cc(C3CCCO3)[nH]n12. The van der Waals surface area contributed by atoms with Crippen LogP contribution in [-0.2, 0) is 4.74 Å². The molecule has 2 aliphatic rings. The molecule has 1 atom stereocenters. The molecule has 1 unspecified atom stereocenters. The van der Waals surface area contributed by atoms with Crippen molar-refractivity contribution in [3.05, 3.63) is 33.9 Å². The highest BCUT2D eigenvalue weighted by atomic mass is 16.5. The van der Waals surface area contributed by atoms with Gasteiger partial charge in [0.05, 0.1) is 17.5 Å². The summed E-state index contributed by atoms with van der Waals surface area (Å²) in [6.07, 6.45) is 4.25. The number of piperidine rings is 1. The van der Waals surface area contributed by atoms with Gasteiger partial charge in [0.15, 0.2) is 5.65 Å². The predicted molar refractivity (Wildman–Crippen MR) is 78.6 cm³/mol. The van der Waals surface area contributed by atoms with Crippen LogP contribution in [0.25, 0.3) is 5.65 Å². The second kappa shape index (κ2) is 5.27. The molecule has 112 valence electrons. The third-order valence-corrected chi connectivity index (χ3v) is 4.52. The van der Waals surface area contributed by atoms with Gasteiger partial charge in [-0.2, -0.15) is 0 Å². The summed E-state index contributed by atoms with van der Waals surface area (Å²) in [6, 6.07) is 3.64. The van der Waals surface area contributed by atoms with E-state index in [-0.39, 0.29) is 11.7 Å². The Kier molecular flexibility index (Phi) is 3.27. The summed E-state index contributed by atoms with van der Waals surface area (Å²) in [5.41, 5.74) is 2.57. The Balaban J connectivity index is 1.72. The lowest BCUT2D eigenvalue weighted by Crippen LogP contribution is -2.28.